The predicted octanol–water partition coefficient (Wildman–Crippen LogP) is 4.24. The minimum absolute atomic E-state index is 0.00421. The Labute approximate surface area is 130 Å². The van der Waals surface area contributed by atoms with Gasteiger partial charge in [0.2, 0.25) is 5.91 Å². The van der Waals surface area contributed by atoms with E-state index in [0.29, 0.717) is 17.2 Å². The Hall–Kier alpha value is -2.49. The van der Waals surface area contributed by atoms with Crippen LogP contribution in [0.2, 0.25) is 0 Å². The third kappa shape index (κ3) is 4.01. The van der Waals surface area contributed by atoms with Crippen molar-refractivity contribution < 1.29 is 13.9 Å². The molecule has 0 aliphatic carbocycles. The molecule has 1 aromatic carbocycles. The van der Waals surface area contributed by atoms with Gasteiger partial charge in [0.15, 0.2) is 0 Å². The molecule has 116 valence electrons. The third-order valence-electron chi connectivity index (χ3n) is 3.27. The Morgan fingerprint density at radius 2 is 2.05 bits per heavy atom. The van der Waals surface area contributed by atoms with Gasteiger partial charge in [-0.2, -0.15) is 0 Å². The molecule has 0 aliphatic heterocycles. The van der Waals surface area contributed by atoms with Gasteiger partial charge in [-0.15, -0.1) is 0 Å². The number of rotatable bonds is 4. The Morgan fingerprint density at radius 3 is 2.64 bits per heavy atom. The summed E-state index contributed by atoms with van der Waals surface area (Å²) >= 11 is 0. The van der Waals surface area contributed by atoms with Gasteiger partial charge in [-0.05, 0) is 41.3 Å². The van der Waals surface area contributed by atoms with Crippen molar-refractivity contribution in [2.45, 2.75) is 26.2 Å². The van der Waals surface area contributed by atoms with Gasteiger partial charge in [-0.25, -0.2) is 0 Å². The summed E-state index contributed by atoms with van der Waals surface area (Å²) in [6.07, 6.45) is 4.62. The van der Waals surface area contributed by atoms with E-state index in [1.165, 1.54) is 6.08 Å². The fraction of sp³-hybridized carbons (Fsp3) is 0.278. The lowest BCUT2D eigenvalue weighted by molar-refractivity contribution is -0.111. The highest BCUT2D eigenvalue weighted by atomic mass is 16.5. The number of hydrogen-bond donors (Lipinski definition) is 1. The number of carbonyl (C=O) groups excluding carboxylic acids is 1. The standard InChI is InChI=1S/C18H21NO3/c1-18(2,3)13-7-9-16(21-4)15(12-13)19-17(20)10-8-14-6-5-11-22-14/h5-12H,1-4H3,(H,19,20). The Morgan fingerprint density at radius 1 is 1.27 bits per heavy atom. The van der Waals surface area contributed by atoms with E-state index in [1.807, 2.05) is 18.2 Å². The van der Waals surface area contributed by atoms with Crippen LogP contribution in [-0.4, -0.2) is 13.0 Å². The summed E-state index contributed by atoms with van der Waals surface area (Å²) in [5.41, 5.74) is 1.78. The average Bonchev–Trinajstić information content (AvgIpc) is 2.97. The molecule has 0 aliphatic rings. The molecule has 2 rings (SSSR count). The molecular formula is C18H21NO3. The van der Waals surface area contributed by atoms with E-state index in [-0.39, 0.29) is 11.3 Å². The van der Waals surface area contributed by atoms with Crippen molar-refractivity contribution in [2.75, 3.05) is 12.4 Å². The average molecular weight is 299 g/mol. The Bertz CT molecular complexity index is 664. The molecule has 1 amide bonds. The van der Waals surface area contributed by atoms with Gasteiger partial charge in [0, 0.05) is 6.08 Å². The van der Waals surface area contributed by atoms with Crippen molar-refractivity contribution in [2.24, 2.45) is 0 Å². The predicted molar refractivity (Wildman–Crippen MR) is 88.1 cm³/mol. The van der Waals surface area contributed by atoms with Crippen LogP contribution < -0.4 is 10.1 Å². The van der Waals surface area contributed by atoms with Crippen LogP contribution in [0.3, 0.4) is 0 Å². The summed E-state index contributed by atoms with van der Waals surface area (Å²) in [7, 11) is 1.58. The third-order valence-corrected chi connectivity index (χ3v) is 3.27. The van der Waals surface area contributed by atoms with Crippen LogP contribution in [0.5, 0.6) is 5.75 Å². The maximum atomic E-state index is 12.0. The van der Waals surface area contributed by atoms with Gasteiger partial charge < -0.3 is 14.5 Å². The van der Waals surface area contributed by atoms with E-state index in [9.17, 15) is 4.79 Å². The van der Waals surface area contributed by atoms with Crippen LogP contribution >= 0.6 is 0 Å². The fourth-order valence-electron chi connectivity index (χ4n) is 1.99. The monoisotopic (exact) mass is 299 g/mol. The van der Waals surface area contributed by atoms with E-state index in [1.54, 1.807) is 31.6 Å². The first-order valence-electron chi connectivity index (χ1n) is 7.11. The smallest absolute Gasteiger partial charge is 0.248 e. The highest BCUT2D eigenvalue weighted by molar-refractivity contribution is 6.02. The number of anilines is 1. The number of hydrogen-bond acceptors (Lipinski definition) is 3. The maximum absolute atomic E-state index is 12.0. The molecule has 0 atom stereocenters. The lowest BCUT2D eigenvalue weighted by Crippen LogP contribution is -2.14. The minimum atomic E-state index is -0.235. The number of carbonyl (C=O) groups is 1. The second-order valence-corrected chi connectivity index (χ2v) is 6.00. The molecule has 0 radical (unpaired) electrons. The quantitative estimate of drug-likeness (QED) is 0.859. The van der Waals surface area contributed by atoms with Gasteiger partial charge in [-0.3, -0.25) is 4.79 Å². The SMILES string of the molecule is COc1ccc(C(C)(C)C)cc1NC(=O)C=Cc1ccco1. The summed E-state index contributed by atoms with van der Waals surface area (Å²) in [5.74, 6) is 1.03. The van der Waals surface area contributed by atoms with Crippen LogP contribution in [0.1, 0.15) is 32.1 Å². The molecule has 1 aromatic heterocycles. The van der Waals surface area contributed by atoms with E-state index >= 15 is 0 Å². The van der Waals surface area contributed by atoms with Crippen molar-refractivity contribution in [1.82, 2.24) is 0 Å². The zero-order chi connectivity index (χ0) is 16.2. The first-order chi connectivity index (χ1) is 10.4. The Balaban J connectivity index is 2.18. The molecule has 1 heterocycles. The van der Waals surface area contributed by atoms with Crippen molar-refractivity contribution in [1.29, 1.82) is 0 Å². The molecule has 0 bridgehead atoms. The highest BCUT2D eigenvalue weighted by Crippen LogP contribution is 2.31. The van der Waals surface area contributed by atoms with Crippen LogP contribution in [0.25, 0.3) is 6.08 Å². The number of benzene rings is 1. The summed E-state index contributed by atoms with van der Waals surface area (Å²) in [6, 6.07) is 9.37. The summed E-state index contributed by atoms with van der Waals surface area (Å²) in [4.78, 5) is 12.0. The summed E-state index contributed by atoms with van der Waals surface area (Å²) in [5, 5.41) is 2.84. The highest BCUT2D eigenvalue weighted by Gasteiger charge is 2.16. The molecule has 0 saturated heterocycles. The first-order valence-corrected chi connectivity index (χ1v) is 7.11. The number of nitrogens with one attached hydrogen (secondary N) is 1. The maximum Gasteiger partial charge on any atom is 0.248 e. The topological polar surface area (TPSA) is 51.5 Å². The summed E-state index contributed by atoms with van der Waals surface area (Å²) in [6.45, 7) is 6.37. The van der Waals surface area contributed by atoms with E-state index in [4.69, 9.17) is 9.15 Å². The molecule has 0 saturated carbocycles. The van der Waals surface area contributed by atoms with Crippen molar-refractivity contribution in [3.8, 4) is 5.75 Å². The van der Waals surface area contributed by atoms with Gasteiger partial charge in [-0.1, -0.05) is 26.8 Å². The van der Waals surface area contributed by atoms with Gasteiger partial charge >= 0.3 is 0 Å². The molecule has 0 spiro atoms. The second-order valence-electron chi connectivity index (χ2n) is 6.00. The molecule has 0 fully saturated rings. The van der Waals surface area contributed by atoms with Crippen molar-refractivity contribution in [3.63, 3.8) is 0 Å². The van der Waals surface area contributed by atoms with Crippen molar-refractivity contribution in [3.05, 3.63) is 54.0 Å². The fourth-order valence-corrected chi connectivity index (χ4v) is 1.99. The normalized spacial score (nSPS) is 11.6. The van der Waals surface area contributed by atoms with Crippen LogP contribution in [0.15, 0.2) is 47.1 Å². The summed E-state index contributed by atoms with van der Waals surface area (Å²) < 4.78 is 10.5. The minimum Gasteiger partial charge on any atom is -0.495 e. The molecule has 0 unspecified atom stereocenters. The largest absolute Gasteiger partial charge is 0.495 e. The second kappa shape index (κ2) is 6.52. The van der Waals surface area contributed by atoms with Crippen LogP contribution in [0.4, 0.5) is 5.69 Å². The molecule has 1 N–H and O–H groups in total. The number of furan rings is 1. The zero-order valence-corrected chi connectivity index (χ0v) is 13.3. The lowest BCUT2D eigenvalue weighted by atomic mass is 9.87. The molecule has 2 aromatic rings. The molecule has 22 heavy (non-hydrogen) atoms. The van der Waals surface area contributed by atoms with Gasteiger partial charge in [0.25, 0.3) is 0 Å². The molecular weight excluding hydrogens is 278 g/mol. The van der Waals surface area contributed by atoms with Crippen molar-refractivity contribution >= 4 is 17.7 Å². The molecule has 4 heteroatoms. The zero-order valence-electron chi connectivity index (χ0n) is 13.3. The van der Waals surface area contributed by atoms with E-state index in [0.717, 1.165) is 5.56 Å². The molecule has 4 nitrogen and oxygen atoms in total. The number of ether oxygens (including phenoxy) is 1. The lowest BCUT2D eigenvalue weighted by Gasteiger charge is -2.21. The first kappa shape index (κ1) is 15.9. The van der Waals surface area contributed by atoms with E-state index in [2.05, 4.69) is 26.1 Å². The van der Waals surface area contributed by atoms with Crippen LogP contribution in [-0.2, 0) is 10.2 Å². The Kier molecular flexibility index (Phi) is 4.71. The number of methoxy groups -OCH3 is 1. The van der Waals surface area contributed by atoms with Crippen LogP contribution in [0, 0.1) is 0 Å². The van der Waals surface area contributed by atoms with E-state index < -0.39 is 0 Å². The number of amides is 1. The van der Waals surface area contributed by atoms with Gasteiger partial charge in [0.05, 0.1) is 19.1 Å². The van der Waals surface area contributed by atoms with Gasteiger partial charge in [0.1, 0.15) is 11.5 Å².